The molecule has 2 aromatic carbocycles. The molecule has 1 unspecified atom stereocenters. The van der Waals surface area contributed by atoms with E-state index in [1.54, 1.807) is 30.0 Å². The first-order chi connectivity index (χ1) is 16.8. The first-order valence-corrected chi connectivity index (χ1v) is 12.2. The van der Waals surface area contributed by atoms with Crippen LogP contribution < -0.4 is 10.2 Å². The molecule has 1 fully saturated rings. The van der Waals surface area contributed by atoms with Crippen molar-refractivity contribution in [1.29, 1.82) is 0 Å². The topological polar surface area (TPSA) is 101 Å². The Hall–Kier alpha value is -3.56. The molecular formula is C25H22ClN5O3S. The summed E-state index contributed by atoms with van der Waals surface area (Å²) in [5.74, 6) is -0.0962. The van der Waals surface area contributed by atoms with E-state index in [-0.39, 0.29) is 17.4 Å². The van der Waals surface area contributed by atoms with Gasteiger partial charge in [-0.1, -0.05) is 52.4 Å². The number of hydrogen-bond donors (Lipinski definition) is 1. The van der Waals surface area contributed by atoms with Crippen LogP contribution in [0.3, 0.4) is 0 Å². The zero-order valence-electron chi connectivity index (χ0n) is 19.3. The van der Waals surface area contributed by atoms with Gasteiger partial charge in [0.05, 0.1) is 5.02 Å². The Morgan fingerprint density at radius 3 is 2.63 bits per heavy atom. The molecule has 0 radical (unpaired) electrons. The predicted octanol–water partition coefficient (Wildman–Crippen LogP) is 5.54. The first kappa shape index (κ1) is 23.2. The second-order valence-electron chi connectivity index (χ2n) is 8.59. The molecule has 1 aliphatic heterocycles. The molecular weight excluding hydrogens is 486 g/mol. The molecule has 0 saturated carbocycles. The van der Waals surface area contributed by atoms with Crippen molar-refractivity contribution in [2.45, 2.75) is 33.1 Å². The fourth-order valence-electron chi connectivity index (χ4n) is 4.32. The van der Waals surface area contributed by atoms with E-state index >= 15 is 0 Å². The highest BCUT2D eigenvalue weighted by molar-refractivity contribution is 7.15. The molecule has 4 aromatic rings. The second kappa shape index (κ2) is 9.24. The van der Waals surface area contributed by atoms with E-state index in [9.17, 15) is 9.59 Å². The summed E-state index contributed by atoms with van der Waals surface area (Å²) in [6.07, 6.45) is 0.344. The molecule has 2 aromatic heterocycles. The van der Waals surface area contributed by atoms with Crippen molar-refractivity contribution in [2.24, 2.45) is 0 Å². The molecule has 1 saturated heterocycles. The lowest BCUT2D eigenvalue weighted by Crippen LogP contribution is -2.24. The van der Waals surface area contributed by atoms with E-state index < -0.39 is 5.91 Å². The third-order valence-electron chi connectivity index (χ3n) is 5.87. The van der Waals surface area contributed by atoms with E-state index in [1.165, 1.54) is 11.3 Å². The van der Waals surface area contributed by atoms with Crippen molar-refractivity contribution in [2.75, 3.05) is 16.8 Å². The maximum absolute atomic E-state index is 13.1. The summed E-state index contributed by atoms with van der Waals surface area (Å²) in [6.45, 7) is 6.22. The highest BCUT2D eigenvalue weighted by atomic mass is 35.5. The van der Waals surface area contributed by atoms with Crippen LogP contribution in [-0.2, 0) is 4.79 Å². The zero-order chi connectivity index (χ0) is 24.7. The number of carbonyl (C=O) groups excluding carboxylic acids is 2. The van der Waals surface area contributed by atoms with Crippen LogP contribution in [0.1, 0.15) is 44.6 Å². The SMILES string of the molecule is Cc1cc(C)cc(N2CC(c3nnc(NC(=O)c4c(-c5ccccc5Cl)noc4C)s3)CC2=O)c1. The van der Waals surface area contributed by atoms with Gasteiger partial charge in [0.1, 0.15) is 22.0 Å². The maximum Gasteiger partial charge on any atom is 0.263 e. The monoisotopic (exact) mass is 507 g/mol. The number of nitrogens with zero attached hydrogens (tertiary/aromatic N) is 4. The van der Waals surface area contributed by atoms with Gasteiger partial charge in [-0.2, -0.15) is 0 Å². The Balaban J connectivity index is 1.33. The minimum Gasteiger partial charge on any atom is -0.360 e. The number of nitrogens with one attached hydrogen (secondary N) is 1. The third-order valence-corrected chi connectivity index (χ3v) is 7.20. The average Bonchev–Trinajstić information content (AvgIpc) is 3.52. The van der Waals surface area contributed by atoms with Crippen molar-refractivity contribution in [3.05, 3.63) is 74.9 Å². The molecule has 1 atom stereocenters. The van der Waals surface area contributed by atoms with Gasteiger partial charge in [0.2, 0.25) is 11.0 Å². The number of hydrogen-bond acceptors (Lipinski definition) is 7. The van der Waals surface area contributed by atoms with E-state index in [0.717, 1.165) is 16.8 Å². The molecule has 0 spiro atoms. The lowest BCUT2D eigenvalue weighted by molar-refractivity contribution is -0.117. The molecule has 2 amide bonds. The van der Waals surface area contributed by atoms with Crippen LogP contribution in [0, 0.1) is 20.8 Å². The largest absolute Gasteiger partial charge is 0.360 e. The van der Waals surface area contributed by atoms with Crippen molar-refractivity contribution in [3.8, 4) is 11.3 Å². The third kappa shape index (κ3) is 4.56. The lowest BCUT2D eigenvalue weighted by atomic mass is 10.1. The summed E-state index contributed by atoms with van der Waals surface area (Å²) in [5, 5.41) is 16.7. The predicted molar refractivity (Wildman–Crippen MR) is 135 cm³/mol. The maximum atomic E-state index is 13.1. The second-order valence-corrected chi connectivity index (χ2v) is 10.0. The van der Waals surface area contributed by atoms with Gasteiger partial charge in [-0.15, -0.1) is 10.2 Å². The molecule has 1 aliphatic rings. The Kier molecular flexibility index (Phi) is 6.12. The lowest BCUT2D eigenvalue weighted by Gasteiger charge is -2.17. The summed E-state index contributed by atoms with van der Waals surface area (Å²) in [4.78, 5) is 27.6. The summed E-state index contributed by atoms with van der Waals surface area (Å²) < 4.78 is 5.29. The molecule has 0 aliphatic carbocycles. The Labute approximate surface area is 210 Å². The van der Waals surface area contributed by atoms with Crippen LogP contribution in [0.15, 0.2) is 47.0 Å². The van der Waals surface area contributed by atoms with Crippen molar-refractivity contribution in [3.63, 3.8) is 0 Å². The number of anilines is 2. The highest BCUT2D eigenvalue weighted by Gasteiger charge is 2.34. The highest BCUT2D eigenvalue weighted by Crippen LogP contribution is 2.36. The van der Waals surface area contributed by atoms with Gasteiger partial charge < -0.3 is 9.42 Å². The average molecular weight is 508 g/mol. The Bertz CT molecular complexity index is 1430. The van der Waals surface area contributed by atoms with Crippen LogP contribution in [0.25, 0.3) is 11.3 Å². The van der Waals surface area contributed by atoms with E-state index in [1.807, 2.05) is 32.0 Å². The molecule has 178 valence electrons. The number of rotatable bonds is 5. The minimum atomic E-state index is -0.416. The standard InChI is InChI=1S/C25H22ClN5O3S/c1-13-8-14(2)10-17(9-13)31-12-16(11-20(31)32)24-28-29-25(35-24)27-23(33)21-15(3)34-30-22(21)18-6-4-5-7-19(18)26/h4-10,16H,11-12H2,1-3H3,(H,27,29,33). The molecule has 10 heteroatoms. The van der Waals surface area contributed by atoms with Gasteiger partial charge in [-0.05, 0) is 50.1 Å². The number of halogens is 1. The molecule has 0 bridgehead atoms. The quantitative estimate of drug-likeness (QED) is 0.380. The first-order valence-electron chi connectivity index (χ1n) is 11.0. The molecule has 35 heavy (non-hydrogen) atoms. The summed E-state index contributed by atoms with van der Waals surface area (Å²) in [7, 11) is 0. The number of amides is 2. The summed E-state index contributed by atoms with van der Waals surface area (Å²) in [5.41, 5.74) is 4.36. The van der Waals surface area contributed by atoms with E-state index in [4.69, 9.17) is 16.1 Å². The van der Waals surface area contributed by atoms with Crippen molar-refractivity contribution in [1.82, 2.24) is 15.4 Å². The van der Waals surface area contributed by atoms with Crippen LogP contribution in [-0.4, -0.2) is 33.7 Å². The van der Waals surface area contributed by atoms with Gasteiger partial charge in [-0.25, -0.2) is 0 Å². The molecule has 3 heterocycles. The molecule has 1 N–H and O–H groups in total. The molecule has 8 nitrogen and oxygen atoms in total. The van der Waals surface area contributed by atoms with Crippen LogP contribution in [0.5, 0.6) is 0 Å². The van der Waals surface area contributed by atoms with Crippen LogP contribution in [0.4, 0.5) is 10.8 Å². The zero-order valence-corrected chi connectivity index (χ0v) is 20.9. The van der Waals surface area contributed by atoms with Gasteiger partial charge >= 0.3 is 0 Å². The summed E-state index contributed by atoms with van der Waals surface area (Å²) in [6, 6.07) is 13.2. The molecule has 5 rings (SSSR count). The van der Waals surface area contributed by atoms with Crippen LogP contribution >= 0.6 is 22.9 Å². The van der Waals surface area contributed by atoms with Gasteiger partial charge in [0.15, 0.2) is 0 Å². The van der Waals surface area contributed by atoms with Crippen LogP contribution in [0.2, 0.25) is 5.02 Å². The summed E-state index contributed by atoms with van der Waals surface area (Å²) >= 11 is 7.56. The van der Waals surface area contributed by atoms with Gasteiger partial charge in [0.25, 0.3) is 5.91 Å². The van der Waals surface area contributed by atoms with Gasteiger partial charge in [0, 0.05) is 30.1 Å². The van der Waals surface area contributed by atoms with Crippen molar-refractivity contribution >= 4 is 45.6 Å². The van der Waals surface area contributed by atoms with Crippen molar-refractivity contribution < 1.29 is 14.1 Å². The fraction of sp³-hybridized carbons (Fsp3) is 0.240. The minimum absolute atomic E-state index is 0.0465. The number of aromatic nitrogens is 3. The fourth-order valence-corrected chi connectivity index (χ4v) is 5.37. The van der Waals surface area contributed by atoms with Gasteiger partial charge in [-0.3, -0.25) is 14.9 Å². The van der Waals surface area contributed by atoms with E-state index in [0.29, 0.717) is 45.1 Å². The number of aryl methyl sites for hydroxylation is 3. The Morgan fingerprint density at radius 2 is 1.89 bits per heavy atom. The number of carbonyl (C=O) groups is 2. The number of benzene rings is 2. The normalized spacial score (nSPS) is 15.6. The van der Waals surface area contributed by atoms with E-state index in [2.05, 4.69) is 26.7 Å². The smallest absolute Gasteiger partial charge is 0.263 e. The Morgan fingerprint density at radius 1 is 1.14 bits per heavy atom.